The van der Waals surface area contributed by atoms with Crippen LogP contribution in [0.2, 0.25) is 5.02 Å². The Kier molecular flexibility index (Phi) is 9.16. The Morgan fingerprint density at radius 1 is 1.28 bits per heavy atom. The number of nitrogens with zero attached hydrogens (tertiary/aromatic N) is 2. The molecule has 0 saturated carbocycles. The Morgan fingerprint density at radius 3 is 2.64 bits per heavy atom. The van der Waals surface area contributed by atoms with Gasteiger partial charge in [0, 0.05) is 42.4 Å². The minimum absolute atomic E-state index is 0. The normalized spacial score (nSPS) is 11.8. The third-order valence-corrected chi connectivity index (χ3v) is 4.67. The lowest BCUT2D eigenvalue weighted by Crippen LogP contribution is -2.37. The number of benzene rings is 1. The van der Waals surface area contributed by atoms with Gasteiger partial charge in [0.25, 0.3) is 0 Å². The van der Waals surface area contributed by atoms with Crippen LogP contribution in [0.3, 0.4) is 0 Å². The number of nitrogens with one attached hydrogen (secondary N) is 2. The van der Waals surface area contributed by atoms with Gasteiger partial charge in [0.1, 0.15) is 0 Å². The highest BCUT2D eigenvalue weighted by Gasteiger charge is 2.17. The number of thiazole rings is 1. The molecule has 4 nitrogen and oxygen atoms in total. The highest BCUT2D eigenvalue weighted by Crippen LogP contribution is 2.23. The molecule has 25 heavy (non-hydrogen) atoms. The van der Waals surface area contributed by atoms with Crippen LogP contribution in [0.5, 0.6) is 0 Å². The lowest BCUT2D eigenvalue weighted by molar-refractivity contribution is 0.570. The Bertz CT molecular complexity index is 694. The molecule has 0 amide bonds. The fourth-order valence-electron chi connectivity index (χ4n) is 2.11. The molecule has 1 heterocycles. The summed E-state index contributed by atoms with van der Waals surface area (Å²) in [5, 5.41) is 10.7. The second kappa shape index (κ2) is 10.3. The Morgan fingerprint density at radius 2 is 2.04 bits per heavy atom. The number of halogens is 2. The molecule has 0 aliphatic heterocycles. The van der Waals surface area contributed by atoms with E-state index in [1.54, 1.807) is 18.4 Å². The molecule has 2 aromatic rings. The van der Waals surface area contributed by atoms with Crippen LogP contribution >= 0.6 is 46.9 Å². The molecule has 2 N–H and O–H groups in total. The second-order valence-electron chi connectivity index (χ2n) is 6.61. The van der Waals surface area contributed by atoms with Crippen LogP contribution < -0.4 is 10.6 Å². The van der Waals surface area contributed by atoms with Crippen molar-refractivity contribution in [2.75, 3.05) is 13.6 Å². The van der Waals surface area contributed by atoms with Crippen LogP contribution in [0, 0.1) is 0 Å². The summed E-state index contributed by atoms with van der Waals surface area (Å²) < 4.78 is 0. The van der Waals surface area contributed by atoms with Gasteiger partial charge < -0.3 is 10.6 Å². The molecule has 7 heteroatoms. The van der Waals surface area contributed by atoms with E-state index in [1.807, 2.05) is 24.3 Å². The molecule has 1 aromatic heterocycles. The first-order chi connectivity index (χ1) is 11.4. The first-order valence-electron chi connectivity index (χ1n) is 8.02. The van der Waals surface area contributed by atoms with Crippen molar-refractivity contribution in [1.82, 2.24) is 15.6 Å². The van der Waals surface area contributed by atoms with Gasteiger partial charge in [-0.1, -0.05) is 44.5 Å². The lowest BCUT2D eigenvalue weighted by Gasteiger charge is -2.14. The van der Waals surface area contributed by atoms with E-state index < -0.39 is 0 Å². The molecule has 0 radical (unpaired) electrons. The molecule has 0 spiro atoms. The topological polar surface area (TPSA) is 49.3 Å². The van der Waals surface area contributed by atoms with Gasteiger partial charge in [-0.25, -0.2) is 4.98 Å². The number of hydrogen-bond acceptors (Lipinski definition) is 3. The van der Waals surface area contributed by atoms with Crippen LogP contribution in [0.25, 0.3) is 0 Å². The van der Waals surface area contributed by atoms with E-state index in [4.69, 9.17) is 16.6 Å². The first kappa shape index (κ1) is 22.2. The van der Waals surface area contributed by atoms with Crippen molar-refractivity contribution in [2.24, 2.45) is 4.99 Å². The fourth-order valence-corrected chi connectivity index (χ4v) is 3.35. The average Bonchev–Trinajstić information content (AvgIpc) is 3.00. The molecule has 1 aromatic carbocycles. The summed E-state index contributed by atoms with van der Waals surface area (Å²) in [5.41, 5.74) is 2.39. The SMILES string of the molecule is CN=C(NCCc1nc(C(C)(C)C)cs1)NCc1cccc(Cl)c1.I. The predicted molar refractivity (Wildman–Crippen MR) is 120 cm³/mol. The van der Waals surface area contributed by atoms with Gasteiger partial charge in [-0.2, -0.15) is 0 Å². The smallest absolute Gasteiger partial charge is 0.191 e. The number of guanidine groups is 1. The minimum atomic E-state index is 0. The third-order valence-electron chi connectivity index (χ3n) is 3.52. The quantitative estimate of drug-likeness (QED) is 0.364. The predicted octanol–water partition coefficient (Wildman–Crippen LogP) is 4.62. The summed E-state index contributed by atoms with van der Waals surface area (Å²) in [6.45, 7) is 8.04. The van der Waals surface area contributed by atoms with Crippen molar-refractivity contribution in [2.45, 2.75) is 39.2 Å². The average molecular weight is 493 g/mol. The van der Waals surface area contributed by atoms with Gasteiger partial charge in [0.2, 0.25) is 0 Å². The van der Waals surface area contributed by atoms with Crippen molar-refractivity contribution in [3.8, 4) is 0 Å². The van der Waals surface area contributed by atoms with E-state index in [9.17, 15) is 0 Å². The molecule has 0 aliphatic carbocycles. The Labute approximate surface area is 176 Å². The molecule has 0 fully saturated rings. The van der Waals surface area contributed by atoms with Crippen LogP contribution in [0.15, 0.2) is 34.6 Å². The summed E-state index contributed by atoms with van der Waals surface area (Å²) in [7, 11) is 1.77. The maximum absolute atomic E-state index is 6.00. The van der Waals surface area contributed by atoms with Crippen molar-refractivity contribution < 1.29 is 0 Å². The van der Waals surface area contributed by atoms with Crippen LogP contribution in [-0.2, 0) is 18.4 Å². The summed E-state index contributed by atoms with van der Waals surface area (Å²) in [6.07, 6.45) is 0.888. The van der Waals surface area contributed by atoms with E-state index in [0.29, 0.717) is 6.54 Å². The maximum atomic E-state index is 6.00. The molecule has 0 unspecified atom stereocenters. The Hall–Kier alpha value is -0.860. The number of hydrogen-bond donors (Lipinski definition) is 2. The van der Waals surface area contributed by atoms with E-state index in [2.05, 4.69) is 41.8 Å². The standard InChI is InChI=1S/C18H25ClN4S.HI/c1-18(2,3)15-12-24-16(23-15)8-9-21-17(20-4)22-11-13-6-5-7-14(19)10-13;/h5-7,10,12H,8-9,11H2,1-4H3,(H2,20,21,22);1H. The zero-order valence-corrected chi connectivity index (χ0v) is 19.0. The minimum Gasteiger partial charge on any atom is -0.356 e. The monoisotopic (exact) mass is 492 g/mol. The highest BCUT2D eigenvalue weighted by atomic mass is 127. The Balaban J connectivity index is 0.00000312. The highest BCUT2D eigenvalue weighted by molar-refractivity contribution is 14.0. The van der Waals surface area contributed by atoms with E-state index >= 15 is 0 Å². The van der Waals surface area contributed by atoms with E-state index in [-0.39, 0.29) is 29.4 Å². The van der Waals surface area contributed by atoms with Crippen molar-refractivity contribution >= 4 is 52.9 Å². The van der Waals surface area contributed by atoms with Crippen LogP contribution in [-0.4, -0.2) is 24.5 Å². The molecule has 0 aliphatic rings. The molecule has 0 saturated heterocycles. The van der Waals surface area contributed by atoms with Crippen molar-refractivity contribution in [1.29, 1.82) is 0 Å². The largest absolute Gasteiger partial charge is 0.356 e. The van der Waals surface area contributed by atoms with Crippen molar-refractivity contribution in [3.05, 3.63) is 50.9 Å². The van der Waals surface area contributed by atoms with Crippen LogP contribution in [0.4, 0.5) is 0 Å². The van der Waals surface area contributed by atoms with Gasteiger partial charge in [-0.15, -0.1) is 35.3 Å². The van der Waals surface area contributed by atoms with E-state index in [1.165, 1.54) is 0 Å². The van der Waals surface area contributed by atoms with Gasteiger partial charge in [0.15, 0.2) is 5.96 Å². The van der Waals surface area contributed by atoms with Crippen LogP contribution in [0.1, 0.15) is 37.0 Å². The number of aromatic nitrogens is 1. The molecular formula is C18H26ClIN4S. The molecule has 0 atom stereocenters. The third kappa shape index (κ3) is 7.50. The molecule has 0 bridgehead atoms. The van der Waals surface area contributed by atoms with Gasteiger partial charge >= 0.3 is 0 Å². The number of aliphatic imine (C=N–C) groups is 1. The summed E-state index contributed by atoms with van der Waals surface area (Å²) in [4.78, 5) is 8.96. The van der Waals surface area contributed by atoms with Gasteiger partial charge in [0.05, 0.1) is 10.7 Å². The fraction of sp³-hybridized carbons (Fsp3) is 0.444. The maximum Gasteiger partial charge on any atom is 0.191 e. The lowest BCUT2D eigenvalue weighted by atomic mass is 9.93. The van der Waals surface area contributed by atoms with Gasteiger partial charge in [-0.05, 0) is 17.7 Å². The zero-order chi connectivity index (χ0) is 17.6. The summed E-state index contributed by atoms with van der Waals surface area (Å²) >= 11 is 7.72. The molecular weight excluding hydrogens is 467 g/mol. The van der Waals surface area contributed by atoms with Crippen molar-refractivity contribution in [3.63, 3.8) is 0 Å². The zero-order valence-electron chi connectivity index (χ0n) is 15.1. The van der Waals surface area contributed by atoms with Gasteiger partial charge in [-0.3, -0.25) is 4.99 Å². The summed E-state index contributed by atoms with van der Waals surface area (Å²) in [5.74, 6) is 0.780. The summed E-state index contributed by atoms with van der Waals surface area (Å²) in [6, 6.07) is 7.81. The molecule has 2 rings (SSSR count). The first-order valence-corrected chi connectivity index (χ1v) is 9.28. The second-order valence-corrected chi connectivity index (χ2v) is 7.99. The van der Waals surface area contributed by atoms with E-state index in [0.717, 1.165) is 40.2 Å². The number of rotatable bonds is 5. The molecule has 138 valence electrons.